The van der Waals surface area contributed by atoms with Crippen LogP contribution in [0.1, 0.15) is 25.0 Å². The fourth-order valence-electron chi connectivity index (χ4n) is 1.20. The number of hydrogen-bond donors (Lipinski definition) is 0. The van der Waals surface area contributed by atoms with Gasteiger partial charge in [0.25, 0.3) is 5.92 Å². The lowest BCUT2D eigenvalue weighted by Crippen LogP contribution is -2.07. The standard InChI is InChI=1S/C11H12F2O/c1-8(14)7-9-3-5-10(6-4-9)11(2,12)13/h3-6H,7H2,1-2H3. The average Bonchev–Trinajstić information content (AvgIpc) is 2.02. The van der Waals surface area contributed by atoms with Crippen molar-refractivity contribution in [2.45, 2.75) is 26.2 Å². The predicted octanol–water partition coefficient (Wildman–Crippen LogP) is 2.93. The van der Waals surface area contributed by atoms with Crippen LogP contribution in [-0.4, -0.2) is 5.78 Å². The van der Waals surface area contributed by atoms with Crippen LogP contribution < -0.4 is 0 Å². The van der Waals surface area contributed by atoms with E-state index in [9.17, 15) is 13.6 Å². The summed E-state index contributed by atoms with van der Waals surface area (Å²) < 4.78 is 25.6. The molecule has 1 nitrogen and oxygen atoms in total. The highest BCUT2D eigenvalue weighted by molar-refractivity contribution is 5.78. The lowest BCUT2D eigenvalue weighted by molar-refractivity contribution is -0.116. The van der Waals surface area contributed by atoms with Gasteiger partial charge < -0.3 is 0 Å². The first kappa shape index (κ1) is 10.8. The van der Waals surface area contributed by atoms with Crippen molar-refractivity contribution in [1.82, 2.24) is 0 Å². The molecule has 1 aromatic carbocycles. The molecule has 0 radical (unpaired) electrons. The lowest BCUT2D eigenvalue weighted by Gasteiger charge is -2.10. The Morgan fingerprint density at radius 3 is 2.14 bits per heavy atom. The molecule has 0 saturated heterocycles. The van der Waals surface area contributed by atoms with Gasteiger partial charge in [-0.15, -0.1) is 0 Å². The summed E-state index contributed by atoms with van der Waals surface area (Å²) >= 11 is 0. The molecule has 0 amide bonds. The molecular formula is C11H12F2O. The van der Waals surface area contributed by atoms with Crippen LogP contribution in [0.15, 0.2) is 24.3 Å². The van der Waals surface area contributed by atoms with Crippen LogP contribution in [-0.2, 0) is 17.1 Å². The number of Topliss-reactive ketones (excluding diaryl/α,β-unsaturated/α-hetero) is 1. The molecule has 0 spiro atoms. The van der Waals surface area contributed by atoms with Crippen molar-refractivity contribution in [2.24, 2.45) is 0 Å². The summed E-state index contributed by atoms with van der Waals surface area (Å²) in [6.45, 7) is 2.33. The maximum Gasteiger partial charge on any atom is 0.270 e. The monoisotopic (exact) mass is 198 g/mol. The largest absolute Gasteiger partial charge is 0.300 e. The fraction of sp³-hybridized carbons (Fsp3) is 0.364. The zero-order valence-electron chi connectivity index (χ0n) is 8.18. The van der Waals surface area contributed by atoms with E-state index in [4.69, 9.17) is 0 Å². The maximum atomic E-state index is 12.8. The Bertz CT molecular complexity index is 322. The average molecular weight is 198 g/mol. The number of ketones is 1. The van der Waals surface area contributed by atoms with Gasteiger partial charge >= 0.3 is 0 Å². The fourth-order valence-corrected chi connectivity index (χ4v) is 1.20. The third-order valence-electron chi connectivity index (χ3n) is 1.91. The molecular weight excluding hydrogens is 186 g/mol. The van der Waals surface area contributed by atoms with Crippen molar-refractivity contribution in [1.29, 1.82) is 0 Å². The van der Waals surface area contributed by atoms with Crippen molar-refractivity contribution in [3.63, 3.8) is 0 Å². The van der Waals surface area contributed by atoms with E-state index in [1.165, 1.54) is 19.1 Å². The third kappa shape index (κ3) is 2.91. The summed E-state index contributed by atoms with van der Waals surface area (Å²) in [7, 11) is 0. The minimum absolute atomic E-state index is 0.0233. The predicted molar refractivity (Wildman–Crippen MR) is 50.4 cm³/mol. The highest BCUT2D eigenvalue weighted by atomic mass is 19.3. The molecule has 0 unspecified atom stereocenters. The van der Waals surface area contributed by atoms with E-state index in [0.717, 1.165) is 12.5 Å². The number of hydrogen-bond acceptors (Lipinski definition) is 1. The van der Waals surface area contributed by atoms with E-state index in [0.29, 0.717) is 6.42 Å². The first-order valence-electron chi connectivity index (χ1n) is 4.36. The Morgan fingerprint density at radius 1 is 1.29 bits per heavy atom. The Labute approximate surface area is 81.7 Å². The van der Waals surface area contributed by atoms with Crippen LogP contribution in [0.4, 0.5) is 8.78 Å². The molecule has 0 aromatic heterocycles. The van der Waals surface area contributed by atoms with Gasteiger partial charge in [-0.3, -0.25) is 4.79 Å². The smallest absolute Gasteiger partial charge is 0.270 e. The number of carbonyl (C=O) groups is 1. The van der Waals surface area contributed by atoms with Gasteiger partial charge in [0.15, 0.2) is 0 Å². The molecule has 0 atom stereocenters. The maximum absolute atomic E-state index is 12.8. The molecule has 0 heterocycles. The van der Waals surface area contributed by atoms with Crippen LogP contribution in [0.2, 0.25) is 0 Å². The van der Waals surface area contributed by atoms with Crippen LogP contribution in [0.3, 0.4) is 0 Å². The number of carbonyl (C=O) groups excluding carboxylic acids is 1. The van der Waals surface area contributed by atoms with Gasteiger partial charge in [0.1, 0.15) is 5.78 Å². The molecule has 0 fully saturated rings. The van der Waals surface area contributed by atoms with Crippen LogP contribution in [0.5, 0.6) is 0 Å². The highest BCUT2D eigenvalue weighted by Gasteiger charge is 2.23. The van der Waals surface area contributed by atoms with E-state index in [1.807, 2.05) is 0 Å². The van der Waals surface area contributed by atoms with Crippen LogP contribution in [0, 0.1) is 0 Å². The SMILES string of the molecule is CC(=O)Cc1ccc(C(C)(F)F)cc1. The van der Waals surface area contributed by atoms with Gasteiger partial charge in [-0.2, -0.15) is 0 Å². The number of alkyl halides is 2. The molecule has 0 aliphatic rings. The molecule has 76 valence electrons. The molecule has 1 aromatic rings. The molecule has 1 rings (SSSR count). The molecule has 0 N–H and O–H groups in total. The summed E-state index contributed by atoms with van der Waals surface area (Å²) in [4.78, 5) is 10.7. The van der Waals surface area contributed by atoms with Gasteiger partial charge in [0, 0.05) is 18.9 Å². The summed E-state index contributed by atoms with van der Waals surface area (Å²) in [6, 6.07) is 5.85. The van der Waals surface area contributed by atoms with Crippen LogP contribution in [0.25, 0.3) is 0 Å². The van der Waals surface area contributed by atoms with Crippen molar-refractivity contribution < 1.29 is 13.6 Å². The summed E-state index contributed by atoms with van der Waals surface area (Å²) in [5, 5.41) is 0. The van der Waals surface area contributed by atoms with Crippen molar-refractivity contribution in [3.05, 3.63) is 35.4 Å². The molecule has 0 saturated carbocycles. The second-order valence-corrected chi connectivity index (χ2v) is 3.46. The second kappa shape index (κ2) is 3.86. The van der Waals surface area contributed by atoms with E-state index in [2.05, 4.69) is 0 Å². The van der Waals surface area contributed by atoms with E-state index in [1.54, 1.807) is 12.1 Å². The van der Waals surface area contributed by atoms with Gasteiger partial charge in [-0.05, 0) is 12.5 Å². The molecule has 0 aliphatic carbocycles. The first-order chi connectivity index (χ1) is 6.39. The van der Waals surface area contributed by atoms with Crippen molar-refractivity contribution in [3.8, 4) is 0 Å². The normalized spacial score (nSPS) is 11.4. The summed E-state index contributed by atoms with van der Waals surface area (Å²) in [5.41, 5.74) is 0.746. The Morgan fingerprint density at radius 2 is 1.79 bits per heavy atom. The molecule has 0 aliphatic heterocycles. The van der Waals surface area contributed by atoms with Gasteiger partial charge in [-0.25, -0.2) is 8.78 Å². The summed E-state index contributed by atoms with van der Waals surface area (Å²) in [6.07, 6.45) is 0.301. The number of benzene rings is 1. The van der Waals surface area contributed by atoms with Crippen molar-refractivity contribution >= 4 is 5.78 Å². The number of rotatable bonds is 3. The third-order valence-corrected chi connectivity index (χ3v) is 1.91. The Kier molecular flexibility index (Phi) is 2.99. The first-order valence-corrected chi connectivity index (χ1v) is 4.36. The quantitative estimate of drug-likeness (QED) is 0.729. The van der Waals surface area contributed by atoms with E-state index >= 15 is 0 Å². The zero-order valence-corrected chi connectivity index (χ0v) is 8.18. The highest BCUT2D eigenvalue weighted by Crippen LogP contribution is 2.26. The van der Waals surface area contributed by atoms with Gasteiger partial charge in [0.2, 0.25) is 0 Å². The minimum atomic E-state index is -2.81. The van der Waals surface area contributed by atoms with Gasteiger partial charge in [0.05, 0.1) is 0 Å². The van der Waals surface area contributed by atoms with Gasteiger partial charge in [-0.1, -0.05) is 24.3 Å². The summed E-state index contributed by atoms with van der Waals surface area (Å²) in [5.74, 6) is -2.78. The number of halogens is 2. The topological polar surface area (TPSA) is 17.1 Å². The minimum Gasteiger partial charge on any atom is -0.300 e. The Hall–Kier alpha value is -1.25. The second-order valence-electron chi connectivity index (χ2n) is 3.46. The van der Waals surface area contributed by atoms with Crippen molar-refractivity contribution in [2.75, 3.05) is 0 Å². The lowest BCUT2D eigenvalue weighted by atomic mass is 10.0. The van der Waals surface area contributed by atoms with Crippen LogP contribution >= 0.6 is 0 Å². The Balaban J connectivity index is 2.84. The molecule has 0 bridgehead atoms. The molecule has 14 heavy (non-hydrogen) atoms. The van der Waals surface area contributed by atoms with E-state index < -0.39 is 5.92 Å². The van der Waals surface area contributed by atoms with E-state index in [-0.39, 0.29) is 11.3 Å². The zero-order chi connectivity index (χ0) is 10.8. The molecule has 3 heteroatoms.